The molecule has 2 aromatic rings. The molecule has 7 heteroatoms. The van der Waals surface area contributed by atoms with Gasteiger partial charge >= 0.3 is 0 Å². The molecule has 1 N–H and O–H groups in total. The summed E-state index contributed by atoms with van der Waals surface area (Å²) in [5.74, 6) is 0.455. The summed E-state index contributed by atoms with van der Waals surface area (Å²) < 4.78 is 32.0. The summed E-state index contributed by atoms with van der Waals surface area (Å²) in [6.07, 6.45) is 5.53. The van der Waals surface area contributed by atoms with E-state index in [1.54, 1.807) is 42.3 Å². The summed E-state index contributed by atoms with van der Waals surface area (Å²) in [5, 5.41) is 0. The van der Waals surface area contributed by atoms with Gasteiger partial charge in [-0.3, -0.25) is 4.79 Å². The maximum atomic E-state index is 12.2. The first-order valence-corrected chi connectivity index (χ1v) is 9.46. The Hall–Kier alpha value is -2.38. The molecule has 0 bridgehead atoms. The van der Waals surface area contributed by atoms with E-state index in [0.717, 1.165) is 12.0 Å². The molecule has 0 radical (unpaired) electrons. The number of nitrogens with one attached hydrogen (secondary N) is 1. The molecule has 25 heavy (non-hydrogen) atoms. The van der Waals surface area contributed by atoms with Crippen LogP contribution in [0.3, 0.4) is 0 Å². The minimum absolute atomic E-state index is 0.0846. The van der Waals surface area contributed by atoms with Gasteiger partial charge in [-0.25, -0.2) is 13.1 Å². The van der Waals surface area contributed by atoms with Gasteiger partial charge in [-0.05, 0) is 42.3 Å². The number of likely N-dealkylation sites (N-methyl/N-ethyl adjacent to an activating group) is 1. The minimum Gasteiger partial charge on any atom is -0.468 e. The number of benzene rings is 1. The average Bonchev–Trinajstić information content (AvgIpc) is 3.12. The van der Waals surface area contributed by atoms with Gasteiger partial charge in [0.05, 0.1) is 17.7 Å². The Labute approximate surface area is 148 Å². The standard InChI is InChI=1S/C18H22N2O4S/c1-3-12-20(2)18(21)11-8-15-6-9-17(10-7-15)25(22,23)19-14-16-5-4-13-24-16/h4-11,13,19H,3,12,14H2,1-2H3/b11-8+. The molecular weight excluding hydrogens is 340 g/mol. The van der Waals surface area contributed by atoms with Gasteiger partial charge in [0.25, 0.3) is 0 Å². The van der Waals surface area contributed by atoms with Crippen LogP contribution in [0.2, 0.25) is 0 Å². The molecule has 2 rings (SSSR count). The van der Waals surface area contributed by atoms with E-state index >= 15 is 0 Å². The Bertz CT molecular complexity index is 809. The molecule has 6 nitrogen and oxygen atoms in total. The van der Waals surface area contributed by atoms with Gasteiger partial charge < -0.3 is 9.32 Å². The Balaban J connectivity index is 1.99. The lowest BCUT2D eigenvalue weighted by molar-refractivity contribution is -0.124. The Morgan fingerprint density at radius 1 is 1.24 bits per heavy atom. The molecule has 1 aromatic heterocycles. The van der Waals surface area contributed by atoms with E-state index in [1.807, 2.05) is 6.92 Å². The van der Waals surface area contributed by atoms with E-state index in [-0.39, 0.29) is 17.3 Å². The summed E-state index contributed by atoms with van der Waals surface area (Å²) in [4.78, 5) is 13.6. The van der Waals surface area contributed by atoms with Gasteiger partial charge in [0.15, 0.2) is 0 Å². The van der Waals surface area contributed by atoms with Crippen molar-refractivity contribution in [3.8, 4) is 0 Å². The first-order chi connectivity index (χ1) is 11.9. The van der Waals surface area contributed by atoms with Crippen LogP contribution in [0.1, 0.15) is 24.7 Å². The molecule has 0 saturated heterocycles. The number of furan rings is 1. The topological polar surface area (TPSA) is 79.6 Å². The Morgan fingerprint density at radius 3 is 2.56 bits per heavy atom. The zero-order valence-electron chi connectivity index (χ0n) is 14.3. The smallest absolute Gasteiger partial charge is 0.246 e. The van der Waals surface area contributed by atoms with Crippen LogP contribution in [0.5, 0.6) is 0 Å². The van der Waals surface area contributed by atoms with Crippen molar-refractivity contribution in [3.05, 3.63) is 60.1 Å². The highest BCUT2D eigenvalue weighted by Gasteiger charge is 2.14. The number of hydrogen-bond acceptors (Lipinski definition) is 4. The van der Waals surface area contributed by atoms with Crippen molar-refractivity contribution in [1.82, 2.24) is 9.62 Å². The SMILES string of the molecule is CCCN(C)C(=O)/C=C/c1ccc(S(=O)(=O)NCc2ccco2)cc1. The zero-order valence-corrected chi connectivity index (χ0v) is 15.1. The number of rotatable bonds is 8. The average molecular weight is 362 g/mol. The van der Waals surface area contributed by atoms with E-state index in [0.29, 0.717) is 12.3 Å². The third-order valence-electron chi connectivity index (χ3n) is 3.56. The van der Waals surface area contributed by atoms with Crippen molar-refractivity contribution < 1.29 is 17.6 Å². The van der Waals surface area contributed by atoms with Crippen LogP contribution < -0.4 is 4.72 Å². The summed E-state index contributed by atoms with van der Waals surface area (Å²) >= 11 is 0. The quantitative estimate of drug-likeness (QED) is 0.732. The molecule has 1 aromatic carbocycles. The lowest BCUT2D eigenvalue weighted by atomic mass is 10.2. The van der Waals surface area contributed by atoms with Crippen LogP contribution in [0, 0.1) is 0 Å². The molecule has 1 amide bonds. The van der Waals surface area contributed by atoms with Gasteiger partial charge in [0, 0.05) is 19.7 Å². The highest BCUT2D eigenvalue weighted by molar-refractivity contribution is 7.89. The number of nitrogens with zero attached hydrogens (tertiary/aromatic N) is 1. The van der Waals surface area contributed by atoms with E-state index < -0.39 is 10.0 Å². The largest absolute Gasteiger partial charge is 0.468 e. The summed E-state index contributed by atoms with van der Waals surface area (Å²) in [6, 6.07) is 9.72. The van der Waals surface area contributed by atoms with Crippen LogP contribution in [0.25, 0.3) is 6.08 Å². The Morgan fingerprint density at radius 2 is 1.96 bits per heavy atom. The third kappa shape index (κ3) is 5.58. The highest BCUT2D eigenvalue weighted by Crippen LogP contribution is 2.12. The van der Waals surface area contributed by atoms with Crippen molar-refractivity contribution in [2.45, 2.75) is 24.8 Å². The molecule has 1 heterocycles. The lowest BCUT2D eigenvalue weighted by Crippen LogP contribution is -2.25. The lowest BCUT2D eigenvalue weighted by Gasteiger charge is -2.12. The maximum Gasteiger partial charge on any atom is 0.246 e. The number of hydrogen-bond donors (Lipinski definition) is 1. The van der Waals surface area contributed by atoms with E-state index in [9.17, 15) is 13.2 Å². The van der Waals surface area contributed by atoms with Crippen LogP contribution in [-0.4, -0.2) is 32.8 Å². The van der Waals surface area contributed by atoms with Gasteiger partial charge in [0.1, 0.15) is 5.76 Å². The van der Waals surface area contributed by atoms with Crippen LogP contribution in [0.15, 0.2) is 58.1 Å². The van der Waals surface area contributed by atoms with Gasteiger partial charge in [-0.1, -0.05) is 19.1 Å². The molecule has 0 unspecified atom stereocenters. The van der Waals surface area contributed by atoms with E-state index in [2.05, 4.69) is 4.72 Å². The molecular formula is C18H22N2O4S. The second kappa shape index (κ2) is 8.64. The Kier molecular flexibility index (Phi) is 6.55. The first kappa shape index (κ1) is 19.0. The van der Waals surface area contributed by atoms with Gasteiger partial charge in [-0.15, -0.1) is 0 Å². The van der Waals surface area contributed by atoms with Gasteiger partial charge in [0.2, 0.25) is 15.9 Å². The van der Waals surface area contributed by atoms with Crippen molar-refractivity contribution in [2.75, 3.05) is 13.6 Å². The van der Waals surface area contributed by atoms with Gasteiger partial charge in [-0.2, -0.15) is 0 Å². The number of amides is 1. The molecule has 0 aliphatic heterocycles. The summed E-state index contributed by atoms with van der Waals surface area (Å²) in [7, 11) is -1.87. The van der Waals surface area contributed by atoms with Crippen molar-refractivity contribution in [2.24, 2.45) is 0 Å². The molecule has 0 spiro atoms. The number of carbonyl (C=O) groups is 1. The van der Waals surface area contributed by atoms with Crippen LogP contribution in [0.4, 0.5) is 0 Å². The normalized spacial score (nSPS) is 11.8. The van der Waals surface area contributed by atoms with Crippen molar-refractivity contribution in [1.29, 1.82) is 0 Å². The molecule has 0 aliphatic carbocycles. The fourth-order valence-electron chi connectivity index (χ4n) is 2.16. The van der Waals surface area contributed by atoms with Crippen LogP contribution in [-0.2, 0) is 21.4 Å². The second-order valence-electron chi connectivity index (χ2n) is 5.57. The predicted molar refractivity (Wildman–Crippen MR) is 96.1 cm³/mol. The molecule has 134 valence electrons. The molecule has 0 fully saturated rings. The first-order valence-electron chi connectivity index (χ1n) is 7.97. The number of sulfonamides is 1. The fourth-order valence-corrected chi connectivity index (χ4v) is 3.15. The molecule has 0 atom stereocenters. The van der Waals surface area contributed by atoms with E-state index in [4.69, 9.17) is 4.42 Å². The minimum atomic E-state index is -3.61. The monoisotopic (exact) mass is 362 g/mol. The summed E-state index contributed by atoms with van der Waals surface area (Å²) in [6.45, 7) is 2.80. The van der Waals surface area contributed by atoms with Crippen LogP contribution >= 0.6 is 0 Å². The second-order valence-corrected chi connectivity index (χ2v) is 7.33. The number of carbonyl (C=O) groups excluding carboxylic acids is 1. The fraction of sp³-hybridized carbons (Fsp3) is 0.278. The molecule has 0 aliphatic rings. The molecule has 0 saturated carbocycles. The zero-order chi connectivity index (χ0) is 18.3. The summed E-state index contributed by atoms with van der Waals surface area (Å²) in [5.41, 5.74) is 0.753. The highest BCUT2D eigenvalue weighted by atomic mass is 32.2. The van der Waals surface area contributed by atoms with Crippen molar-refractivity contribution in [3.63, 3.8) is 0 Å². The predicted octanol–water partition coefficient (Wildman–Crippen LogP) is 2.64. The van der Waals surface area contributed by atoms with Crippen molar-refractivity contribution >= 4 is 22.0 Å². The maximum absolute atomic E-state index is 12.2. The third-order valence-corrected chi connectivity index (χ3v) is 4.98. The van der Waals surface area contributed by atoms with E-state index in [1.165, 1.54) is 24.5 Å².